The lowest BCUT2D eigenvalue weighted by Crippen LogP contribution is -2.61. The number of carboxylic acids is 1. The number of nitrogens with zero attached hydrogens (tertiary/aromatic N) is 2. The monoisotopic (exact) mass is 1140 g/mol. The normalized spacial score (nSPS) is 15.2. The molecule has 0 heterocycles. The number of carboxylic acid groups (broad SMARTS) is 1. The van der Waals surface area contributed by atoms with E-state index < -0.39 is 144 Å². The summed E-state index contributed by atoms with van der Waals surface area (Å²) in [5.41, 5.74) is 38.8. The van der Waals surface area contributed by atoms with Crippen LogP contribution >= 0.6 is 0 Å². The fourth-order valence-corrected chi connectivity index (χ4v) is 7.50. The molecule has 0 saturated carbocycles. The molecule has 0 aromatic carbocycles. The summed E-state index contributed by atoms with van der Waals surface area (Å²) in [5.74, 6) is -11.5. The molecule has 80 heavy (non-hydrogen) atoms. The standard InChI is InChI=1S/C49H92N18O13/c1-9-26(6)37(67-38(70)27(7)59-40(72)30(14-10-11-19-50)61-39(71)29(51)17-18-35(52)69)46(78)63-32(16-13-21-58-49(55)56)42(74)66-36(25(4)5)45(77)62-31(15-12-20-57-48(53)54)41(73)64-33(22-24(2)3)43(75)65-34(23-68)44(76)60-28(8)47(79)80/h24-34,36-37,68H,9-23,50-51H2,1-8H3,(H2,52,69)(H,59,72)(H,60,76)(H,61,71)(H,62,77)(H,63,78)(H,64,73)(H,65,75)(H,66,74)(H,67,70)(H,79,80)(H4,53,54,57)(H4,55,56,58)/t26-,27-,28-,29-,30-,31-,32-,33-,34-,36-,37-/m0/s1. The molecular formula is C49H92N18O13. The predicted octanol–water partition coefficient (Wildman–Crippen LogP) is -5.96. The Morgan fingerprint density at radius 2 is 0.887 bits per heavy atom. The minimum absolute atomic E-state index is 0.00553. The van der Waals surface area contributed by atoms with E-state index in [1.54, 1.807) is 41.5 Å². The molecule has 0 rings (SSSR count). The zero-order valence-corrected chi connectivity index (χ0v) is 47.4. The van der Waals surface area contributed by atoms with E-state index in [-0.39, 0.29) is 82.3 Å². The zero-order chi connectivity index (χ0) is 61.4. The molecule has 31 nitrogen and oxygen atoms in total. The first kappa shape index (κ1) is 72.6. The summed E-state index contributed by atoms with van der Waals surface area (Å²) in [5, 5.41) is 42.0. The van der Waals surface area contributed by atoms with Gasteiger partial charge in [-0.1, -0.05) is 48.0 Å². The Labute approximate surface area is 467 Å². The molecule has 0 fully saturated rings. The fraction of sp³-hybridized carbons (Fsp3) is 0.735. The summed E-state index contributed by atoms with van der Waals surface area (Å²) in [4.78, 5) is 154. The number of aliphatic carboxylic acids is 1. The van der Waals surface area contributed by atoms with Crippen molar-refractivity contribution in [2.24, 2.45) is 67.9 Å². The molecule has 0 bridgehead atoms. The maximum atomic E-state index is 14.3. The first-order valence-corrected chi connectivity index (χ1v) is 26.8. The summed E-state index contributed by atoms with van der Waals surface area (Å²) >= 11 is 0. The van der Waals surface area contributed by atoms with Crippen molar-refractivity contribution in [1.29, 1.82) is 0 Å². The quantitative estimate of drug-likeness (QED) is 0.0154. The molecule has 0 aromatic heterocycles. The lowest BCUT2D eigenvalue weighted by atomic mass is 9.96. The van der Waals surface area contributed by atoms with E-state index >= 15 is 0 Å². The topological polar surface area (TPSA) is 543 Å². The van der Waals surface area contributed by atoms with Gasteiger partial charge in [-0.3, -0.25) is 62.7 Å². The van der Waals surface area contributed by atoms with Crippen LogP contribution in [0.15, 0.2) is 9.98 Å². The number of nitrogens with two attached hydrogens (primary N) is 7. The van der Waals surface area contributed by atoms with Gasteiger partial charge in [0, 0.05) is 19.5 Å². The van der Waals surface area contributed by atoms with Gasteiger partial charge in [-0.05, 0) is 95.9 Å². The molecular weight excluding hydrogens is 1050 g/mol. The van der Waals surface area contributed by atoms with Gasteiger partial charge in [0.15, 0.2) is 11.9 Å². The Bertz CT molecular complexity index is 2120. The van der Waals surface area contributed by atoms with Crippen LogP contribution < -0.4 is 88.0 Å². The number of carbonyl (C=O) groups is 11. The SMILES string of the molecule is CC[C@H](C)[C@H](NC(=O)[C@H](C)NC(=O)[C@H](CCCCN)NC(=O)[C@@H](N)CCC(N)=O)C(=O)N[C@@H](CCCN=C(N)N)C(=O)N[C@H](C(=O)N[C@@H](CCCN=C(N)N)C(=O)N[C@@H](CC(C)C)C(=O)N[C@@H](CO)C(=O)N[C@@H](C)C(=O)O)C(C)C. The smallest absolute Gasteiger partial charge is 0.325 e. The second kappa shape index (κ2) is 38.2. The van der Waals surface area contributed by atoms with E-state index in [0.717, 1.165) is 0 Å². The van der Waals surface area contributed by atoms with Crippen LogP contribution in [0.4, 0.5) is 0 Å². The van der Waals surface area contributed by atoms with Crippen LogP contribution in [-0.4, -0.2) is 174 Å². The molecule has 31 heteroatoms. The Hall–Kier alpha value is -7.41. The van der Waals surface area contributed by atoms with Gasteiger partial charge < -0.3 is 98.2 Å². The molecule has 0 aliphatic rings. The number of guanidine groups is 2. The Balaban J connectivity index is 6.79. The van der Waals surface area contributed by atoms with Crippen molar-refractivity contribution < 1.29 is 63.0 Å². The van der Waals surface area contributed by atoms with Gasteiger partial charge in [-0.2, -0.15) is 0 Å². The van der Waals surface area contributed by atoms with E-state index in [9.17, 15) is 63.0 Å². The molecule has 25 N–H and O–H groups in total. The molecule has 0 aliphatic heterocycles. The summed E-state index contributed by atoms with van der Waals surface area (Å²) < 4.78 is 0. The number of aliphatic hydroxyl groups excluding tert-OH is 1. The third-order valence-electron chi connectivity index (χ3n) is 12.5. The average Bonchev–Trinajstić information content (AvgIpc) is 3.37. The highest BCUT2D eigenvalue weighted by molar-refractivity contribution is 5.98. The van der Waals surface area contributed by atoms with Crippen LogP contribution in [0.1, 0.15) is 126 Å². The lowest BCUT2D eigenvalue weighted by molar-refractivity contribution is -0.142. The third kappa shape index (κ3) is 29.0. The maximum Gasteiger partial charge on any atom is 0.325 e. The van der Waals surface area contributed by atoms with Crippen molar-refractivity contribution in [2.45, 2.75) is 186 Å². The van der Waals surface area contributed by atoms with Crippen molar-refractivity contribution in [1.82, 2.24) is 47.9 Å². The van der Waals surface area contributed by atoms with Gasteiger partial charge in [0.25, 0.3) is 0 Å². The van der Waals surface area contributed by atoms with Crippen LogP contribution in [-0.2, 0) is 52.7 Å². The van der Waals surface area contributed by atoms with Crippen molar-refractivity contribution in [3.05, 3.63) is 0 Å². The average molecular weight is 1140 g/mol. The van der Waals surface area contributed by atoms with Gasteiger partial charge in [0.2, 0.25) is 59.1 Å². The van der Waals surface area contributed by atoms with E-state index in [2.05, 4.69) is 57.8 Å². The molecule has 0 unspecified atom stereocenters. The van der Waals surface area contributed by atoms with Crippen LogP contribution in [0.25, 0.3) is 0 Å². The second-order valence-corrected chi connectivity index (χ2v) is 20.3. The molecule has 11 atom stereocenters. The van der Waals surface area contributed by atoms with E-state index in [4.69, 9.17) is 40.1 Å². The molecule has 0 aromatic rings. The number of hydrogen-bond donors (Lipinski definition) is 18. The highest BCUT2D eigenvalue weighted by Crippen LogP contribution is 2.13. The maximum absolute atomic E-state index is 14.3. The Kier molecular flexibility index (Phi) is 34.7. The minimum Gasteiger partial charge on any atom is -0.480 e. The van der Waals surface area contributed by atoms with Gasteiger partial charge >= 0.3 is 5.97 Å². The van der Waals surface area contributed by atoms with Gasteiger partial charge in [0.05, 0.1) is 12.6 Å². The number of unbranched alkanes of at least 4 members (excludes halogenated alkanes) is 1. The summed E-state index contributed by atoms with van der Waals surface area (Å²) in [6, 6.07) is -13.3. The van der Waals surface area contributed by atoms with Crippen LogP contribution in [0.2, 0.25) is 0 Å². The third-order valence-corrected chi connectivity index (χ3v) is 12.5. The van der Waals surface area contributed by atoms with E-state index in [1.807, 2.05) is 0 Å². The number of amides is 10. The molecule has 0 saturated heterocycles. The zero-order valence-electron chi connectivity index (χ0n) is 47.4. The number of primary amides is 1. The second-order valence-electron chi connectivity index (χ2n) is 20.3. The number of nitrogens with one attached hydrogen (secondary N) is 9. The summed E-state index contributed by atoms with van der Waals surface area (Å²) in [6.45, 7) is 12.1. The highest BCUT2D eigenvalue weighted by Gasteiger charge is 2.36. The van der Waals surface area contributed by atoms with Crippen LogP contribution in [0.5, 0.6) is 0 Å². The first-order chi connectivity index (χ1) is 37.4. The molecule has 0 radical (unpaired) electrons. The summed E-state index contributed by atoms with van der Waals surface area (Å²) in [6.07, 6.45) is 1.23. The van der Waals surface area contributed by atoms with Crippen molar-refractivity contribution in [3.8, 4) is 0 Å². The molecule has 0 spiro atoms. The van der Waals surface area contributed by atoms with Crippen molar-refractivity contribution >= 4 is 77.0 Å². The van der Waals surface area contributed by atoms with E-state index in [0.29, 0.717) is 25.8 Å². The highest BCUT2D eigenvalue weighted by atomic mass is 16.4. The number of aliphatic hydroxyl groups is 1. The van der Waals surface area contributed by atoms with Crippen molar-refractivity contribution in [2.75, 3.05) is 26.2 Å². The van der Waals surface area contributed by atoms with Crippen LogP contribution in [0, 0.1) is 17.8 Å². The largest absolute Gasteiger partial charge is 0.480 e. The van der Waals surface area contributed by atoms with Crippen molar-refractivity contribution in [3.63, 3.8) is 0 Å². The number of hydrogen-bond acceptors (Lipinski definition) is 16. The Morgan fingerprint density at radius 3 is 1.34 bits per heavy atom. The molecule has 0 aliphatic carbocycles. The van der Waals surface area contributed by atoms with Gasteiger partial charge in [0.1, 0.15) is 54.4 Å². The molecule has 456 valence electrons. The molecule has 10 amide bonds. The number of aliphatic imine (C=N–C) groups is 2. The predicted molar refractivity (Wildman–Crippen MR) is 296 cm³/mol. The van der Waals surface area contributed by atoms with Crippen LogP contribution in [0.3, 0.4) is 0 Å². The summed E-state index contributed by atoms with van der Waals surface area (Å²) in [7, 11) is 0. The van der Waals surface area contributed by atoms with Gasteiger partial charge in [-0.15, -0.1) is 0 Å². The van der Waals surface area contributed by atoms with Gasteiger partial charge in [-0.25, -0.2) is 0 Å². The fourth-order valence-electron chi connectivity index (χ4n) is 7.50. The number of carbonyl (C=O) groups excluding carboxylic acids is 10. The lowest BCUT2D eigenvalue weighted by Gasteiger charge is -2.30. The number of rotatable bonds is 40. The minimum atomic E-state index is -1.60. The van der Waals surface area contributed by atoms with E-state index in [1.165, 1.54) is 13.8 Å². The first-order valence-electron chi connectivity index (χ1n) is 26.8. The Morgan fingerprint density at radius 1 is 0.475 bits per heavy atom.